The van der Waals surface area contributed by atoms with Crippen LogP contribution in [0.15, 0.2) is 35.0 Å². The van der Waals surface area contributed by atoms with Crippen LogP contribution in [0.1, 0.15) is 8.22 Å². The second-order valence-corrected chi connectivity index (χ2v) is 3.16. The molecule has 2 aromatic heterocycles. The highest BCUT2D eigenvalue weighted by Gasteiger charge is 2.05. The van der Waals surface area contributed by atoms with Crippen LogP contribution in [-0.2, 0) is 0 Å². The van der Waals surface area contributed by atoms with E-state index in [0.29, 0.717) is 0 Å². The van der Waals surface area contributed by atoms with Crippen LogP contribution in [0.4, 0.5) is 0 Å². The molecule has 0 bridgehead atoms. The first-order valence-electron chi connectivity index (χ1n) is 6.80. The van der Waals surface area contributed by atoms with Gasteiger partial charge in [0.1, 0.15) is 5.69 Å². The fourth-order valence-electron chi connectivity index (χ4n) is 1.11. The average Bonchev–Trinajstić information content (AvgIpc) is 2.97. The van der Waals surface area contributed by atoms with E-state index in [4.69, 9.17) is 8.22 Å². The summed E-state index contributed by atoms with van der Waals surface area (Å²) >= 11 is 0.883. The molecule has 4 heteroatoms. The lowest BCUT2D eigenvalue weighted by molar-refractivity contribution is 1.27. The summed E-state index contributed by atoms with van der Waals surface area (Å²) in [5, 5.41) is 0.0595. The fraction of sp³-hybridized carbons (Fsp3) is 0. The zero-order valence-electron chi connectivity index (χ0n) is 12.8. The smallest absolute Gasteiger partial charge is 0.158 e. The van der Waals surface area contributed by atoms with Crippen LogP contribution >= 0.6 is 11.3 Å². The van der Waals surface area contributed by atoms with E-state index in [0.717, 1.165) is 11.3 Å². The first-order valence-corrected chi connectivity index (χ1v) is 4.62. The van der Waals surface area contributed by atoms with Crippen LogP contribution < -0.4 is 0 Å². The predicted molar refractivity (Wildman–Crippen MR) is 57.2 cm³/mol. The monoisotopic (exact) mass is 207 g/mol. The van der Waals surface area contributed by atoms with Crippen LogP contribution in [-0.4, -0.2) is 15.0 Å². The zero-order valence-corrected chi connectivity index (χ0v) is 7.62. The van der Waals surface area contributed by atoms with Crippen molar-refractivity contribution in [3.63, 3.8) is 0 Å². The van der Waals surface area contributed by atoms with Gasteiger partial charge in [-0.1, -0.05) is 12.1 Å². The van der Waals surface area contributed by atoms with Gasteiger partial charge < -0.3 is 4.98 Å². The van der Waals surface area contributed by atoms with Gasteiger partial charge in [0.25, 0.3) is 0 Å². The predicted octanol–water partition coefficient (Wildman–Crippen LogP) is 2.69. The van der Waals surface area contributed by atoms with Crippen LogP contribution in [0.2, 0.25) is 0 Å². The molecule has 0 unspecified atom stereocenters. The lowest BCUT2D eigenvalue weighted by atomic mass is 10.3. The minimum absolute atomic E-state index is 0.0231. The van der Waals surface area contributed by atoms with Crippen molar-refractivity contribution in [3.05, 3.63) is 35.0 Å². The van der Waals surface area contributed by atoms with Crippen molar-refractivity contribution in [1.29, 1.82) is 0 Å². The van der Waals surface area contributed by atoms with Crippen molar-refractivity contribution in [2.45, 2.75) is 0 Å². The Morgan fingerprint density at radius 2 is 2.29 bits per heavy atom. The topological polar surface area (TPSA) is 41.6 Å². The molecule has 0 saturated heterocycles. The molecule has 3 rings (SSSR count). The van der Waals surface area contributed by atoms with Crippen LogP contribution in [0.25, 0.3) is 22.6 Å². The quantitative estimate of drug-likeness (QED) is 0.666. The number of aromatic nitrogens is 3. The van der Waals surface area contributed by atoms with E-state index in [1.54, 1.807) is 0 Å². The number of benzene rings is 1. The number of aromatic amines is 1. The minimum Gasteiger partial charge on any atom is -0.337 e. The van der Waals surface area contributed by atoms with Crippen molar-refractivity contribution >= 4 is 22.4 Å². The average molecular weight is 207 g/mol. The summed E-state index contributed by atoms with van der Waals surface area (Å²) in [4.78, 5) is 10.7. The SMILES string of the molecule is [2H]c1nc(-c2nc3c([2H])c([2H])c([2H])c([2H])c3[nH]2)c([2H])s1. The Labute approximate surface area is 92.9 Å². The Hall–Kier alpha value is -1.68. The molecule has 1 N–H and O–H groups in total. The lowest BCUT2D eigenvalue weighted by Gasteiger charge is -1.84. The maximum absolute atomic E-state index is 7.80. The van der Waals surface area contributed by atoms with Gasteiger partial charge in [-0.25, -0.2) is 9.97 Å². The molecule has 2 heterocycles. The molecule has 0 saturated carbocycles. The molecule has 3 aromatic rings. The summed E-state index contributed by atoms with van der Waals surface area (Å²) in [6.45, 7) is 0. The van der Waals surface area contributed by atoms with Gasteiger partial charge in [0.05, 0.1) is 24.7 Å². The molecular weight excluding hydrogens is 194 g/mol. The zero-order chi connectivity index (χ0) is 14.6. The number of H-pyrrole nitrogens is 1. The van der Waals surface area contributed by atoms with Crippen molar-refractivity contribution in [2.75, 3.05) is 0 Å². The minimum atomic E-state index is -0.355. The van der Waals surface area contributed by atoms with E-state index in [1.165, 1.54) is 0 Å². The number of thiazole rings is 1. The molecule has 0 amide bonds. The van der Waals surface area contributed by atoms with Gasteiger partial charge in [-0.3, -0.25) is 0 Å². The maximum atomic E-state index is 7.80. The van der Waals surface area contributed by atoms with Crippen molar-refractivity contribution in [1.82, 2.24) is 15.0 Å². The van der Waals surface area contributed by atoms with Crippen molar-refractivity contribution in [2.24, 2.45) is 0 Å². The number of fused-ring (bicyclic) bond motifs is 1. The van der Waals surface area contributed by atoms with E-state index in [9.17, 15) is 0 Å². The molecule has 14 heavy (non-hydrogen) atoms. The Morgan fingerprint density at radius 1 is 1.36 bits per heavy atom. The molecule has 0 aliphatic heterocycles. The summed E-state index contributed by atoms with van der Waals surface area (Å²) in [7, 11) is 0. The number of hydrogen-bond acceptors (Lipinski definition) is 3. The highest BCUT2D eigenvalue weighted by Crippen LogP contribution is 2.19. The Morgan fingerprint density at radius 3 is 3.14 bits per heavy atom. The molecule has 0 radical (unpaired) electrons. The first-order chi connectivity index (χ1) is 9.40. The molecule has 3 nitrogen and oxygen atoms in total. The van der Waals surface area contributed by atoms with E-state index in [2.05, 4.69) is 15.0 Å². The van der Waals surface area contributed by atoms with E-state index < -0.39 is 0 Å². The first kappa shape index (κ1) is 3.82. The number of para-hydroxylation sites is 2. The van der Waals surface area contributed by atoms with Gasteiger partial charge in [-0.05, 0) is 12.1 Å². The third-order valence-corrected chi connectivity index (χ3v) is 2.19. The molecule has 1 aromatic carbocycles. The van der Waals surface area contributed by atoms with Gasteiger partial charge in [-0.2, -0.15) is 0 Å². The second kappa shape index (κ2) is 2.92. The summed E-state index contributed by atoms with van der Waals surface area (Å²) in [5.41, 5.74) is 0.424. The maximum Gasteiger partial charge on any atom is 0.158 e. The summed E-state index contributed by atoms with van der Waals surface area (Å²) in [6, 6.07) is -1.15. The van der Waals surface area contributed by atoms with Crippen molar-refractivity contribution < 1.29 is 8.22 Å². The van der Waals surface area contributed by atoms with Crippen LogP contribution in [0.5, 0.6) is 0 Å². The second-order valence-electron chi connectivity index (χ2n) is 2.56. The molecule has 0 spiro atoms. The standard InChI is InChI=1S/C10H7N3S/c1-2-4-8-7(3-1)12-10(13-8)9-5-14-6-11-9/h1-6H,(H,12,13)/i1D,2D,3D,4D,5D,6D. The molecule has 0 fully saturated rings. The largest absolute Gasteiger partial charge is 0.337 e. The Bertz CT molecular complexity index is 794. The summed E-state index contributed by atoms with van der Waals surface area (Å²) < 4.78 is 45.9. The van der Waals surface area contributed by atoms with Crippen molar-refractivity contribution in [3.8, 4) is 11.5 Å². The number of nitrogens with one attached hydrogen (secondary N) is 1. The highest BCUT2D eigenvalue weighted by atomic mass is 32.1. The highest BCUT2D eigenvalue weighted by molar-refractivity contribution is 7.07. The lowest BCUT2D eigenvalue weighted by Crippen LogP contribution is -1.77. The normalized spacial score (nSPS) is 16.9. The summed E-state index contributed by atoms with van der Waals surface area (Å²) in [6.07, 6.45) is 0. The molecule has 0 aliphatic carbocycles. The molecule has 0 aliphatic rings. The van der Waals surface area contributed by atoms with Crippen LogP contribution in [0.3, 0.4) is 0 Å². The molecule has 0 atom stereocenters. The van der Waals surface area contributed by atoms with Crippen LogP contribution in [0, 0.1) is 0 Å². The Balaban J connectivity index is 2.34. The fourth-order valence-corrected chi connectivity index (χ4v) is 1.54. The Kier molecular flexibility index (Phi) is 0.797. The number of nitrogens with zero attached hydrogens (tertiary/aromatic N) is 2. The van der Waals surface area contributed by atoms with Gasteiger partial charge in [0, 0.05) is 5.36 Å². The molecule has 68 valence electrons. The third kappa shape index (κ3) is 1.12. The van der Waals surface area contributed by atoms with Gasteiger partial charge in [0.15, 0.2) is 5.82 Å². The van der Waals surface area contributed by atoms with E-state index in [1.807, 2.05) is 0 Å². The number of rotatable bonds is 1. The van der Waals surface area contributed by atoms with Gasteiger partial charge >= 0.3 is 0 Å². The van der Waals surface area contributed by atoms with E-state index >= 15 is 0 Å². The summed E-state index contributed by atoms with van der Waals surface area (Å²) in [5.74, 6) is 0.173. The number of hydrogen-bond donors (Lipinski definition) is 1. The van der Waals surface area contributed by atoms with E-state index in [-0.39, 0.29) is 57.6 Å². The third-order valence-electron chi connectivity index (χ3n) is 1.71. The van der Waals surface area contributed by atoms with Gasteiger partial charge in [-0.15, -0.1) is 11.3 Å². The number of imidazole rings is 1. The molecular formula is C10H7N3S. The van der Waals surface area contributed by atoms with Gasteiger partial charge in [0.2, 0.25) is 0 Å².